The predicted octanol–water partition coefficient (Wildman–Crippen LogP) is 4.75. The minimum absolute atomic E-state index is 0.0729. The number of hydrogen-bond acceptors (Lipinski definition) is 5. The maximum atomic E-state index is 13.1. The Hall–Kier alpha value is -3.83. The summed E-state index contributed by atoms with van der Waals surface area (Å²) in [4.78, 5) is 17.0. The van der Waals surface area contributed by atoms with E-state index in [0.29, 0.717) is 29.8 Å². The van der Waals surface area contributed by atoms with Crippen LogP contribution in [0.1, 0.15) is 48.3 Å². The third-order valence-electron chi connectivity index (χ3n) is 6.34. The second-order valence-electron chi connectivity index (χ2n) is 8.80. The van der Waals surface area contributed by atoms with Crippen molar-refractivity contribution in [2.75, 3.05) is 17.2 Å². The van der Waals surface area contributed by atoms with Crippen molar-refractivity contribution in [1.29, 1.82) is 0 Å². The molecule has 1 fully saturated rings. The highest BCUT2D eigenvalue weighted by Gasteiger charge is 2.26. The van der Waals surface area contributed by atoms with Crippen LogP contribution in [0.15, 0.2) is 48.8 Å². The van der Waals surface area contributed by atoms with Crippen molar-refractivity contribution in [1.82, 2.24) is 24.3 Å². The molecule has 0 spiro atoms. The zero-order chi connectivity index (χ0) is 25.2. The van der Waals surface area contributed by atoms with E-state index >= 15 is 0 Å². The Morgan fingerprint density at radius 2 is 1.81 bits per heavy atom. The number of nitrogens with zero attached hydrogens (tertiary/aromatic N) is 4. The molecule has 0 saturated heterocycles. The Balaban J connectivity index is 1.23. The second kappa shape index (κ2) is 10.0. The highest BCUT2D eigenvalue weighted by Crippen LogP contribution is 2.27. The van der Waals surface area contributed by atoms with Crippen molar-refractivity contribution < 1.29 is 22.4 Å². The van der Waals surface area contributed by atoms with Crippen LogP contribution >= 0.6 is 0 Å². The Bertz CT molecular complexity index is 1360. The highest BCUT2D eigenvalue weighted by molar-refractivity contribution is 6.01. The summed E-state index contributed by atoms with van der Waals surface area (Å²) in [5.41, 5.74) is 1.06. The number of pyridine rings is 2. The number of nitrogens with one attached hydrogen (secondary N) is 3. The summed E-state index contributed by atoms with van der Waals surface area (Å²) in [6.45, 7) is -0.588. The molecule has 0 atom stereocenters. The SMILES string of the molecule is O=C(N[C@H]1CC[C@@H](Nc2cccc3nc(C(F)F)cn23)CC1)c1nn2ccccc2c1NCC(F)F. The Morgan fingerprint density at radius 3 is 2.56 bits per heavy atom. The van der Waals surface area contributed by atoms with Crippen LogP contribution in [0.4, 0.5) is 29.1 Å². The molecule has 4 aromatic rings. The number of hydrogen-bond donors (Lipinski definition) is 3. The summed E-state index contributed by atoms with van der Waals surface area (Å²) >= 11 is 0. The largest absolute Gasteiger partial charge is 0.376 e. The van der Waals surface area contributed by atoms with Gasteiger partial charge in [0, 0.05) is 24.5 Å². The molecule has 12 heteroatoms. The Labute approximate surface area is 203 Å². The van der Waals surface area contributed by atoms with Crippen LogP contribution in [0.2, 0.25) is 0 Å². The first-order chi connectivity index (χ1) is 17.4. The molecule has 8 nitrogen and oxygen atoms in total. The lowest BCUT2D eigenvalue weighted by Crippen LogP contribution is -2.40. The molecule has 190 valence electrons. The monoisotopic (exact) mass is 503 g/mol. The molecule has 5 rings (SSSR count). The van der Waals surface area contributed by atoms with Gasteiger partial charge >= 0.3 is 0 Å². The van der Waals surface area contributed by atoms with Crippen LogP contribution in [0.5, 0.6) is 0 Å². The fraction of sp³-hybridized carbons (Fsp3) is 0.375. The van der Waals surface area contributed by atoms with Gasteiger partial charge < -0.3 is 16.0 Å². The molecule has 3 N–H and O–H groups in total. The zero-order valence-corrected chi connectivity index (χ0v) is 19.2. The van der Waals surface area contributed by atoms with Gasteiger partial charge in [0.05, 0.1) is 17.7 Å². The summed E-state index contributed by atoms with van der Waals surface area (Å²) in [6, 6.07) is 10.4. The number of halogens is 4. The van der Waals surface area contributed by atoms with E-state index in [0.717, 1.165) is 12.8 Å². The van der Waals surface area contributed by atoms with E-state index in [4.69, 9.17) is 0 Å². The van der Waals surface area contributed by atoms with Gasteiger partial charge in [-0.05, 0) is 49.9 Å². The van der Waals surface area contributed by atoms with E-state index in [1.54, 1.807) is 40.9 Å². The van der Waals surface area contributed by atoms with E-state index in [9.17, 15) is 22.4 Å². The predicted molar refractivity (Wildman–Crippen MR) is 127 cm³/mol. The molecule has 1 amide bonds. The normalized spacial score (nSPS) is 18.3. The minimum atomic E-state index is -2.64. The van der Waals surface area contributed by atoms with Crippen LogP contribution in [0, 0.1) is 0 Å². The third kappa shape index (κ3) is 4.93. The summed E-state index contributed by atoms with van der Waals surface area (Å²) in [5, 5.41) is 13.3. The average molecular weight is 504 g/mol. The van der Waals surface area contributed by atoms with Gasteiger partial charge in [-0.3, -0.25) is 9.20 Å². The number of imidazole rings is 1. The number of amides is 1. The van der Waals surface area contributed by atoms with E-state index in [1.807, 2.05) is 6.07 Å². The molecule has 0 unspecified atom stereocenters. The average Bonchev–Trinajstić information content (AvgIpc) is 3.47. The maximum absolute atomic E-state index is 13.1. The van der Waals surface area contributed by atoms with E-state index in [-0.39, 0.29) is 29.2 Å². The lowest BCUT2D eigenvalue weighted by atomic mass is 9.91. The lowest BCUT2D eigenvalue weighted by Gasteiger charge is -2.30. The molecule has 0 aliphatic heterocycles. The van der Waals surface area contributed by atoms with Crippen LogP contribution in [0.3, 0.4) is 0 Å². The van der Waals surface area contributed by atoms with Gasteiger partial charge in [0.2, 0.25) is 0 Å². The van der Waals surface area contributed by atoms with Gasteiger partial charge in [0.15, 0.2) is 5.69 Å². The van der Waals surface area contributed by atoms with Crippen molar-refractivity contribution in [3.8, 4) is 0 Å². The summed E-state index contributed by atoms with van der Waals surface area (Å²) in [7, 11) is 0. The van der Waals surface area contributed by atoms with Crippen LogP contribution < -0.4 is 16.0 Å². The molecular weight excluding hydrogens is 478 g/mol. The number of aromatic nitrogens is 4. The maximum Gasteiger partial charge on any atom is 0.281 e. The fourth-order valence-electron chi connectivity index (χ4n) is 4.61. The number of rotatable bonds is 8. The van der Waals surface area contributed by atoms with Crippen molar-refractivity contribution >= 4 is 28.6 Å². The van der Waals surface area contributed by atoms with Gasteiger partial charge in [-0.15, -0.1) is 0 Å². The molecule has 1 saturated carbocycles. The van der Waals surface area contributed by atoms with Gasteiger partial charge in [0.1, 0.15) is 17.2 Å². The standard InChI is InChI=1S/C24H25F4N7O/c25-18(26)12-29-21-17-4-1-2-11-35(17)33-22(21)24(36)31-15-9-7-14(8-10-15)30-19-5-3-6-20-32-16(23(27)28)13-34(19)20/h1-6,11,13-15,18,23,29-30H,7-10,12H2,(H,31,36)/t14-,15+. The third-order valence-corrected chi connectivity index (χ3v) is 6.34. The Morgan fingerprint density at radius 1 is 1.03 bits per heavy atom. The van der Waals surface area contributed by atoms with Crippen molar-refractivity contribution in [2.45, 2.75) is 50.6 Å². The lowest BCUT2D eigenvalue weighted by molar-refractivity contribution is 0.0921. The van der Waals surface area contributed by atoms with Crippen LogP contribution in [0.25, 0.3) is 11.2 Å². The first kappa shape index (κ1) is 23.9. The molecule has 4 aromatic heterocycles. The molecule has 1 aliphatic rings. The molecule has 36 heavy (non-hydrogen) atoms. The number of anilines is 2. The summed E-state index contributed by atoms with van der Waals surface area (Å²) in [6.07, 6.45) is 0.661. The van der Waals surface area contributed by atoms with E-state index in [2.05, 4.69) is 26.0 Å². The van der Waals surface area contributed by atoms with Crippen molar-refractivity contribution in [2.24, 2.45) is 0 Å². The zero-order valence-electron chi connectivity index (χ0n) is 19.2. The number of carbonyl (C=O) groups excluding carboxylic acids is 1. The fourth-order valence-corrected chi connectivity index (χ4v) is 4.61. The highest BCUT2D eigenvalue weighted by atomic mass is 19.3. The van der Waals surface area contributed by atoms with E-state index in [1.165, 1.54) is 10.7 Å². The first-order valence-corrected chi connectivity index (χ1v) is 11.7. The quantitative estimate of drug-likeness (QED) is 0.302. The molecule has 0 bridgehead atoms. The smallest absolute Gasteiger partial charge is 0.281 e. The molecular formula is C24H25F4N7O. The van der Waals surface area contributed by atoms with Crippen LogP contribution in [-0.4, -0.2) is 50.0 Å². The molecule has 1 aliphatic carbocycles. The second-order valence-corrected chi connectivity index (χ2v) is 8.80. The molecule has 0 aromatic carbocycles. The van der Waals surface area contributed by atoms with Gasteiger partial charge in [0.25, 0.3) is 18.8 Å². The van der Waals surface area contributed by atoms with Crippen molar-refractivity contribution in [3.05, 3.63) is 60.2 Å². The summed E-state index contributed by atoms with van der Waals surface area (Å²) < 4.78 is 54.8. The Kier molecular flexibility index (Phi) is 6.66. The van der Waals surface area contributed by atoms with Crippen molar-refractivity contribution in [3.63, 3.8) is 0 Å². The number of fused-ring (bicyclic) bond motifs is 2. The summed E-state index contributed by atoms with van der Waals surface area (Å²) in [5.74, 6) is 0.258. The van der Waals surface area contributed by atoms with E-state index < -0.39 is 25.3 Å². The number of alkyl halides is 4. The molecule has 0 radical (unpaired) electrons. The first-order valence-electron chi connectivity index (χ1n) is 11.7. The van der Waals surface area contributed by atoms with Gasteiger partial charge in [-0.25, -0.2) is 27.1 Å². The van der Waals surface area contributed by atoms with Gasteiger partial charge in [-0.1, -0.05) is 12.1 Å². The minimum Gasteiger partial charge on any atom is -0.376 e. The van der Waals surface area contributed by atoms with Gasteiger partial charge in [-0.2, -0.15) is 5.10 Å². The number of carbonyl (C=O) groups is 1. The van der Waals surface area contributed by atoms with Crippen LogP contribution in [-0.2, 0) is 0 Å². The molecule has 4 heterocycles. The topological polar surface area (TPSA) is 87.8 Å².